The molecule has 1 N–H and O–H groups in total. The Morgan fingerprint density at radius 3 is 2.47 bits per heavy atom. The Kier molecular flexibility index (Phi) is 6.26. The Morgan fingerprint density at radius 1 is 1.27 bits per heavy atom. The zero-order chi connectivity index (χ0) is 11.1. The van der Waals surface area contributed by atoms with Crippen LogP contribution in [0.4, 0.5) is 0 Å². The zero-order valence-corrected chi connectivity index (χ0v) is 10.8. The highest BCUT2D eigenvalue weighted by molar-refractivity contribution is 4.77. The molecule has 90 valence electrons. The molecule has 0 aromatic heterocycles. The first-order chi connectivity index (χ1) is 7.22. The molecule has 0 aliphatic carbocycles. The van der Waals surface area contributed by atoms with Gasteiger partial charge in [-0.25, -0.2) is 0 Å². The van der Waals surface area contributed by atoms with Gasteiger partial charge in [-0.05, 0) is 51.4 Å². The minimum Gasteiger partial charge on any atom is -0.314 e. The van der Waals surface area contributed by atoms with Crippen LogP contribution < -0.4 is 5.32 Å². The molecule has 0 aromatic carbocycles. The van der Waals surface area contributed by atoms with Crippen molar-refractivity contribution in [1.82, 2.24) is 10.2 Å². The van der Waals surface area contributed by atoms with Crippen LogP contribution in [0.2, 0.25) is 0 Å². The maximum Gasteiger partial charge on any atom is 0.00915 e. The van der Waals surface area contributed by atoms with Crippen molar-refractivity contribution in [3.05, 3.63) is 0 Å². The summed E-state index contributed by atoms with van der Waals surface area (Å²) in [5.74, 6) is 0.781. The number of likely N-dealkylation sites (tertiary alicyclic amines) is 1. The van der Waals surface area contributed by atoms with Crippen LogP contribution in [0.3, 0.4) is 0 Å². The summed E-state index contributed by atoms with van der Waals surface area (Å²) in [6.45, 7) is 11.9. The van der Waals surface area contributed by atoms with Gasteiger partial charge in [0.15, 0.2) is 0 Å². The van der Waals surface area contributed by atoms with Crippen molar-refractivity contribution in [2.24, 2.45) is 5.92 Å². The maximum absolute atomic E-state index is 3.67. The van der Waals surface area contributed by atoms with E-state index in [-0.39, 0.29) is 0 Å². The monoisotopic (exact) mass is 212 g/mol. The minimum atomic E-state index is 0.781. The Morgan fingerprint density at radius 2 is 1.93 bits per heavy atom. The lowest BCUT2D eigenvalue weighted by Crippen LogP contribution is -2.43. The number of hydrogen-bond donors (Lipinski definition) is 1. The summed E-state index contributed by atoms with van der Waals surface area (Å²) >= 11 is 0. The first-order valence-corrected chi connectivity index (χ1v) is 6.68. The number of piperidine rings is 1. The molecule has 0 amide bonds. The van der Waals surface area contributed by atoms with E-state index in [0.717, 1.165) is 12.0 Å². The molecule has 1 heterocycles. The molecule has 0 aromatic rings. The number of unbranched alkanes of at least 4 members (excludes halogenated alkanes) is 1. The van der Waals surface area contributed by atoms with Crippen LogP contribution in [0, 0.1) is 5.92 Å². The van der Waals surface area contributed by atoms with Crippen molar-refractivity contribution in [3.8, 4) is 0 Å². The lowest BCUT2D eigenvalue weighted by atomic mass is 10.0. The molecule has 0 radical (unpaired) electrons. The zero-order valence-electron chi connectivity index (χ0n) is 10.8. The van der Waals surface area contributed by atoms with E-state index in [4.69, 9.17) is 0 Å². The van der Waals surface area contributed by atoms with E-state index < -0.39 is 0 Å². The summed E-state index contributed by atoms with van der Waals surface area (Å²) < 4.78 is 0. The molecule has 0 spiro atoms. The third-order valence-corrected chi connectivity index (χ3v) is 3.23. The van der Waals surface area contributed by atoms with Crippen LogP contribution in [0.15, 0.2) is 0 Å². The highest BCUT2D eigenvalue weighted by atomic mass is 15.1. The van der Waals surface area contributed by atoms with Crippen molar-refractivity contribution in [2.45, 2.75) is 52.5 Å². The van der Waals surface area contributed by atoms with E-state index in [1.807, 2.05) is 0 Å². The predicted molar refractivity (Wildman–Crippen MR) is 67.2 cm³/mol. The summed E-state index contributed by atoms with van der Waals surface area (Å²) in [5.41, 5.74) is 0. The summed E-state index contributed by atoms with van der Waals surface area (Å²) in [7, 11) is 0. The highest BCUT2D eigenvalue weighted by Crippen LogP contribution is 2.11. The molecular formula is C13H28N2. The minimum absolute atomic E-state index is 0.781. The standard InChI is InChI=1S/C13H28N2/c1-4-5-8-15-9-6-13(7-10-15)14-11-12(2)3/h12-14H,4-11H2,1-3H3. The molecule has 1 aliphatic heterocycles. The fraction of sp³-hybridized carbons (Fsp3) is 1.00. The van der Waals surface area contributed by atoms with E-state index in [2.05, 4.69) is 31.0 Å². The fourth-order valence-electron chi connectivity index (χ4n) is 2.14. The van der Waals surface area contributed by atoms with E-state index in [1.54, 1.807) is 0 Å². The first-order valence-electron chi connectivity index (χ1n) is 6.68. The number of rotatable bonds is 6. The largest absolute Gasteiger partial charge is 0.314 e. The second-order valence-electron chi connectivity index (χ2n) is 5.27. The highest BCUT2D eigenvalue weighted by Gasteiger charge is 2.17. The van der Waals surface area contributed by atoms with E-state index in [1.165, 1.54) is 51.9 Å². The van der Waals surface area contributed by atoms with Gasteiger partial charge in [0.25, 0.3) is 0 Å². The van der Waals surface area contributed by atoms with Crippen molar-refractivity contribution in [1.29, 1.82) is 0 Å². The second-order valence-corrected chi connectivity index (χ2v) is 5.27. The van der Waals surface area contributed by atoms with Gasteiger partial charge in [-0.1, -0.05) is 27.2 Å². The molecule has 2 nitrogen and oxygen atoms in total. The van der Waals surface area contributed by atoms with E-state index in [0.29, 0.717) is 0 Å². The van der Waals surface area contributed by atoms with Gasteiger partial charge in [-0.2, -0.15) is 0 Å². The van der Waals surface area contributed by atoms with Gasteiger partial charge in [0.2, 0.25) is 0 Å². The topological polar surface area (TPSA) is 15.3 Å². The molecule has 0 saturated carbocycles. The molecule has 0 bridgehead atoms. The molecule has 1 fully saturated rings. The number of hydrogen-bond acceptors (Lipinski definition) is 2. The molecular weight excluding hydrogens is 184 g/mol. The van der Waals surface area contributed by atoms with Crippen LogP contribution >= 0.6 is 0 Å². The van der Waals surface area contributed by atoms with Crippen molar-refractivity contribution in [2.75, 3.05) is 26.2 Å². The van der Waals surface area contributed by atoms with Crippen molar-refractivity contribution >= 4 is 0 Å². The van der Waals surface area contributed by atoms with Gasteiger partial charge in [0.1, 0.15) is 0 Å². The Labute approximate surface area is 95.4 Å². The van der Waals surface area contributed by atoms with Gasteiger partial charge in [0.05, 0.1) is 0 Å². The average molecular weight is 212 g/mol. The third kappa shape index (κ3) is 5.53. The van der Waals surface area contributed by atoms with Gasteiger partial charge < -0.3 is 10.2 Å². The summed E-state index contributed by atoms with van der Waals surface area (Å²) in [4.78, 5) is 2.62. The lowest BCUT2D eigenvalue weighted by molar-refractivity contribution is 0.193. The molecule has 0 atom stereocenters. The summed E-state index contributed by atoms with van der Waals surface area (Å²) in [6, 6.07) is 0.783. The molecule has 1 aliphatic rings. The average Bonchev–Trinajstić information content (AvgIpc) is 2.25. The summed E-state index contributed by atoms with van der Waals surface area (Å²) in [6.07, 6.45) is 5.38. The molecule has 15 heavy (non-hydrogen) atoms. The van der Waals surface area contributed by atoms with Crippen LogP contribution in [0.5, 0.6) is 0 Å². The van der Waals surface area contributed by atoms with Crippen LogP contribution in [-0.4, -0.2) is 37.1 Å². The van der Waals surface area contributed by atoms with E-state index in [9.17, 15) is 0 Å². The van der Waals surface area contributed by atoms with Crippen molar-refractivity contribution < 1.29 is 0 Å². The SMILES string of the molecule is CCCCN1CCC(NCC(C)C)CC1. The van der Waals surface area contributed by atoms with Crippen molar-refractivity contribution in [3.63, 3.8) is 0 Å². The maximum atomic E-state index is 3.67. The van der Waals surface area contributed by atoms with Gasteiger partial charge in [-0.15, -0.1) is 0 Å². The molecule has 2 heteroatoms. The van der Waals surface area contributed by atoms with Crippen LogP contribution in [-0.2, 0) is 0 Å². The molecule has 1 saturated heterocycles. The quantitative estimate of drug-likeness (QED) is 0.728. The smallest absolute Gasteiger partial charge is 0.00915 e. The third-order valence-electron chi connectivity index (χ3n) is 3.23. The van der Waals surface area contributed by atoms with Gasteiger partial charge in [0, 0.05) is 6.04 Å². The van der Waals surface area contributed by atoms with Crippen LogP contribution in [0.25, 0.3) is 0 Å². The summed E-state index contributed by atoms with van der Waals surface area (Å²) in [5, 5.41) is 3.67. The molecule has 1 rings (SSSR count). The normalized spacial score (nSPS) is 20.0. The number of nitrogens with one attached hydrogen (secondary N) is 1. The van der Waals surface area contributed by atoms with E-state index >= 15 is 0 Å². The van der Waals surface area contributed by atoms with Gasteiger partial charge in [-0.3, -0.25) is 0 Å². The predicted octanol–water partition coefficient (Wildman–Crippen LogP) is 2.50. The Balaban J connectivity index is 2.07. The van der Waals surface area contributed by atoms with Crippen LogP contribution in [0.1, 0.15) is 46.5 Å². The second kappa shape index (κ2) is 7.24. The Hall–Kier alpha value is -0.0800. The first kappa shape index (κ1) is 13.0. The Bertz CT molecular complexity index is 149. The molecule has 0 unspecified atom stereocenters. The fourth-order valence-corrected chi connectivity index (χ4v) is 2.14. The number of nitrogens with zero attached hydrogens (tertiary/aromatic N) is 1. The lowest BCUT2D eigenvalue weighted by Gasteiger charge is -2.32. The van der Waals surface area contributed by atoms with Gasteiger partial charge >= 0.3 is 0 Å².